The van der Waals surface area contributed by atoms with Gasteiger partial charge >= 0.3 is 0 Å². The molecule has 9 heteroatoms. The second-order valence-corrected chi connectivity index (χ2v) is 8.45. The zero-order chi connectivity index (χ0) is 23.5. The van der Waals surface area contributed by atoms with Gasteiger partial charge in [0, 0.05) is 45.4 Å². The van der Waals surface area contributed by atoms with Gasteiger partial charge in [-0.05, 0) is 36.2 Å². The van der Waals surface area contributed by atoms with Crippen molar-refractivity contribution in [2.24, 2.45) is 0 Å². The van der Waals surface area contributed by atoms with Crippen molar-refractivity contribution in [3.8, 4) is 0 Å². The number of amides is 1. The molecule has 1 amide bonds. The summed E-state index contributed by atoms with van der Waals surface area (Å²) >= 11 is 5.86. The summed E-state index contributed by atoms with van der Waals surface area (Å²) in [5, 5.41) is 3.40. The summed E-state index contributed by atoms with van der Waals surface area (Å²) in [6.45, 7) is 2.70. The molecule has 3 aromatic rings. The van der Waals surface area contributed by atoms with Crippen LogP contribution in [0.2, 0.25) is 5.02 Å². The molecule has 1 saturated heterocycles. The summed E-state index contributed by atoms with van der Waals surface area (Å²) in [5.74, 6) is -0.275. The molecule has 174 valence electrons. The van der Waals surface area contributed by atoms with Gasteiger partial charge in [-0.25, -0.2) is 4.39 Å². The maximum Gasteiger partial charge on any atom is 0.253 e. The Balaban J connectivity index is 1.71. The Kier molecular flexibility index (Phi) is 6.85. The van der Waals surface area contributed by atoms with Crippen LogP contribution in [0.3, 0.4) is 0 Å². The van der Waals surface area contributed by atoms with E-state index in [4.69, 9.17) is 20.8 Å². The molecule has 1 aromatic heterocycles. The normalized spacial score (nSPS) is 13.9. The van der Waals surface area contributed by atoms with E-state index in [2.05, 4.69) is 5.32 Å². The highest BCUT2D eigenvalue weighted by Gasteiger charge is 2.19. The third-order valence-corrected chi connectivity index (χ3v) is 5.82. The fourth-order valence-electron chi connectivity index (χ4n) is 3.80. The van der Waals surface area contributed by atoms with E-state index < -0.39 is 5.82 Å². The van der Waals surface area contributed by atoms with Crippen LogP contribution in [0.25, 0.3) is 11.0 Å². The number of halogens is 2. The molecule has 0 radical (unpaired) electrons. The minimum absolute atomic E-state index is 0.0326. The average molecular weight is 474 g/mol. The first-order chi connectivity index (χ1) is 15.8. The maximum atomic E-state index is 14.2. The number of hydrogen-bond acceptors (Lipinski definition) is 6. The van der Waals surface area contributed by atoms with Gasteiger partial charge in [-0.15, -0.1) is 0 Å². The highest BCUT2D eigenvalue weighted by Crippen LogP contribution is 2.26. The van der Waals surface area contributed by atoms with Crippen LogP contribution in [-0.2, 0) is 11.2 Å². The Labute approximate surface area is 195 Å². The first-order valence-corrected chi connectivity index (χ1v) is 11.1. The van der Waals surface area contributed by atoms with Crippen LogP contribution < -0.4 is 15.6 Å². The molecule has 1 aliphatic heterocycles. The van der Waals surface area contributed by atoms with Gasteiger partial charge in [0.05, 0.1) is 29.3 Å². The smallest absolute Gasteiger partial charge is 0.253 e. The number of morpholine rings is 1. The molecule has 0 aliphatic carbocycles. The average Bonchev–Trinajstić information content (AvgIpc) is 2.81. The summed E-state index contributed by atoms with van der Waals surface area (Å²) in [6.07, 6.45) is 0.395. The largest absolute Gasteiger partial charge is 0.440 e. The van der Waals surface area contributed by atoms with E-state index in [-0.39, 0.29) is 22.0 Å². The molecule has 1 N–H and O–H groups in total. The molecule has 1 aliphatic rings. The van der Waals surface area contributed by atoms with E-state index in [9.17, 15) is 14.0 Å². The highest BCUT2D eigenvalue weighted by atomic mass is 35.5. The van der Waals surface area contributed by atoms with Gasteiger partial charge in [-0.1, -0.05) is 17.7 Å². The van der Waals surface area contributed by atoms with Crippen molar-refractivity contribution < 1.29 is 18.3 Å². The number of nitrogens with zero attached hydrogens (tertiary/aromatic N) is 2. The van der Waals surface area contributed by atoms with Crippen LogP contribution in [0.5, 0.6) is 0 Å². The first kappa shape index (κ1) is 23.1. The zero-order valence-electron chi connectivity index (χ0n) is 18.5. The van der Waals surface area contributed by atoms with Gasteiger partial charge in [0.25, 0.3) is 5.91 Å². The number of rotatable bonds is 6. The fraction of sp³-hybridized carbons (Fsp3) is 0.333. The van der Waals surface area contributed by atoms with E-state index >= 15 is 0 Å². The summed E-state index contributed by atoms with van der Waals surface area (Å²) in [5.41, 5.74) is 1.55. The van der Waals surface area contributed by atoms with Crippen LogP contribution in [0.4, 0.5) is 16.0 Å². The lowest BCUT2D eigenvalue weighted by Gasteiger charge is -2.27. The van der Waals surface area contributed by atoms with E-state index in [1.54, 1.807) is 38.4 Å². The van der Waals surface area contributed by atoms with Crippen LogP contribution in [0.15, 0.2) is 45.6 Å². The van der Waals surface area contributed by atoms with Crippen LogP contribution >= 0.6 is 11.6 Å². The molecule has 0 atom stereocenters. The second kappa shape index (κ2) is 9.80. The van der Waals surface area contributed by atoms with Crippen LogP contribution in [0, 0.1) is 5.82 Å². The number of anilines is 2. The lowest BCUT2D eigenvalue weighted by atomic mass is 10.0. The second-order valence-electron chi connectivity index (χ2n) is 8.04. The molecule has 0 saturated carbocycles. The minimum atomic E-state index is -0.526. The summed E-state index contributed by atoms with van der Waals surface area (Å²) < 4.78 is 25.8. The standard InChI is InChI=1S/C24H25ClFN3O4/c1-28(2)24(31)16-12-15(6-7-27-19-5-3-4-18(25)22(19)26)23-17(13-16)20(30)14-21(33-23)29-8-10-32-11-9-29/h3-5,12-14,27H,6-11H2,1-2H3. The molecule has 0 spiro atoms. The molecular weight excluding hydrogens is 449 g/mol. The Hall–Kier alpha value is -3.10. The predicted octanol–water partition coefficient (Wildman–Crippen LogP) is 3.78. The molecule has 2 aromatic carbocycles. The lowest BCUT2D eigenvalue weighted by molar-refractivity contribution is 0.0827. The molecule has 2 heterocycles. The molecule has 0 bridgehead atoms. The highest BCUT2D eigenvalue weighted by molar-refractivity contribution is 6.31. The molecule has 4 rings (SSSR count). The van der Waals surface area contributed by atoms with Crippen molar-refractivity contribution in [3.05, 3.63) is 68.6 Å². The van der Waals surface area contributed by atoms with Gasteiger partial charge in [0.1, 0.15) is 5.58 Å². The zero-order valence-corrected chi connectivity index (χ0v) is 19.2. The SMILES string of the molecule is CN(C)C(=O)c1cc(CCNc2cccc(Cl)c2F)c2oc(N3CCOCC3)cc(=O)c2c1. The number of fused-ring (bicyclic) bond motifs is 1. The van der Waals surface area contributed by atoms with Crippen molar-refractivity contribution >= 4 is 40.0 Å². The predicted molar refractivity (Wildman–Crippen MR) is 127 cm³/mol. The van der Waals surface area contributed by atoms with Crippen LogP contribution in [-0.4, -0.2) is 57.8 Å². The molecule has 7 nitrogen and oxygen atoms in total. The number of carbonyl (C=O) groups is 1. The Morgan fingerprint density at radius 1 is 1.21 bits per heavy atom. The Bertz CT molecular complexity index is 1240. The lowest BCUT2D eigenvalue weighted by Crippen LogP contribution is -2.36. The topological polar surface area (TPSA) is 75.0 Å². The third kappa shape index (κ3) is 4.96. The van der Waals surface area contributed by atoms with E-state index in [0.717, 1.165) is 0 Å². The number of carbonyl (C=O) groups excluding carboxylic acids is 1. The number of benzene rings is 2. The minimum Gasteiger partial charge on any atom is -0.440 e. The number of hydrogen-bond donors (Lipinski definition) is 1. The Morgan fingerprint density at radius 3 is 2.70 bits per heavy atom. The third-order valence-electron chi connectivity index (χ3n) is 5.53. The molecule has 33 heavy (non-hydrogen) atoms. The molecular formula is C24H25ClFN3O4. The van der Waals surface area contributed by atoms with Crippen molar-refractivity contribution in [3.63, 3.8) is 0 Å². The van der Waals surface area contributed by atoms with Crippen molar-refractivity contribution in [1.29, 1.82) is 0 Å². The van der Waals surface area contributed by atoms with Crippen molar-refractivity contribution in [1.82, 2.24) is 4.90 Å². The summed E-state index contributed by atoms with van der Waals surface area (Å²) in [6, 6.07) is 9.50. The molecule has 0 unspecified atom stereocenters. The van der Waals surface area contributed by atoms with E-state index in [1.807, 2.05) is 4.90 Å². The van der Waals surface area contributed by atoms with Crippen molar-refractivity contribution in [2.75, 3.05) is 57.2 Å². The monoisotopic (exact) mass is 473 g/mol. The summed E-state index contributed by atoms with van der Waals surface area (Å²) in [4.78, 5) is 29.0. The van der Waals surface area contributed by atoms with Gasteiger partial charge in [0.15, 0.2) is 17.1 Å². The van der Waals surface area contributed by atoms with Gasteiger partial charge in [-0.3, -0.25) is 9.59 Å². The quantitative estimate of drug-likeness (QED) is 0.587. The number of nitrogens with one attached hydrogen (secondary N) is 1. The molecule has 1 fully saturated rings. The van der Waals surface area contributed by atoms with E-state index in [0.29, 0.717) is 67.2 Å². The van der Waals surface area contributed by atoms with Crippen LogP contribution in [0.1, 0.15) is 15.9 Å². The summed E-state index contributed by atoms with van der Waals surface area (Å²) in [7, 11) is 3.30. The Morgan fingerprint density at radius 2 is 1.97 bits per heavy atom. The van der Waals surface area contributed by atoms with E-state index in [1.165, 1.54) is 17.0 Å². The fourth-order valence-corrected chi connectivity index (χ4v) is 3.97. The van der Waals surface area contributed by atoms with Gasteiger partial charge in [-0.2, -0.15) is 0 Å². The first-order valence-electron chi connectivity index (χ1n) is 10.7. The maximum absolute atomic E-state index is 14.2. The van der Waals surface area contributed by atoms with Crippen molar-refractivity contribution in [2.45, 2.75) is 6.42 Å². The van der Waals surface area contributed by atoms with Gasteiger partial charge < -0.3 is 24.3 Å². The number of ether oxygens (including phenoxy) is 1. The van der Waals surface area contributed by atoms with Gasteiger partial charge in [0.2, 0.25) is 0 Å².